The zero-order chi connectivity index (χ0) is 23.4. The molecule has 1 amide bonds. The standard InChI is InChI=1S/C23H21BrF3N5O/c24-17-6-8-18(9-7-17)28-21(33)15-31-10-12-32(13-11-31)20-14-19(23(25,26)27)29-22(30-20)16-4-2-1-3-5-16/h1-9,14H,10-13,15H2,(H,28,33). The first-order chi connectivity index (χ1) is 15.8. The Hall–Kier alpha value is -2.98. The van der Waals surface area contributed by atoms with Crippen LogP contribution >= 0.6 is 15.9 Å². The minimum absolute atomic E-state index is 0.0386. The Morgan fingerprint density at radius 2 is 1.64 bits per heavy atom. The van der Waals surface area contributed by atoms with Crippen LogP contribution in [0.15, 0.2) is 65.1 Å². The summed E-state index contributed by atoms with van der Waals surface area (Å²) in [5, 5.41) is 2.85. The number of carbonyl (C=O) groups excluding carboxylic acids is 1. The summed E-state index contributed by atoms with van der Waals surface area (Å²) in [5.41, 5.74) is 0.256. The van der Waals surface area contributed by atoms with Crippen molar-refractivity contribution in [2.75, 3.05) is 42.9 Å². The fraction of sp³-hybridized carbons (Fsp3) is 0.261. The van der Waals surface area contributed by atoms with Gasteiger partial charge in [0.25, 0.3) is 0 Å². The van der Waals surface area contributed by atoms with Crippen LogP contribution in [0.4, 0.5) is 24.7 Å². The van der Waals surface area contributed by atoms with Crippen LogP contribution in [0.25, 0.3) is 11.4 Å². The van der Waals surface area contributed by atoms with Gasteiger partial charge in [0.05, 0.1) is 6.54 Å². The molecule has 0 spiro atoms. The first-order valence-electron chi connectivity index (χ1n) is 10.3. The van der Waals surface area contributed by atoms with Crippen molar-refractivity contribution in [1.82, 2.24) is 14.9 Å². The predicted molar refractivity (Wildman–Crippen MR) is 124 cm³/mol. The van der Waals surface area contributed by atoms with Gasteiger partial charge < -0.3 is 10.2 Å². The molecule has 0 aliphatic carbocycles. The van der Waals surface area contributed by atoms with Crippen LogP contribution in [0.3, 0.4) is 0 Å². The second kappa shape index (κ2) is 9.88. The summed E-state index contributed by atoms with van der Waals surface area (Å²) in [5.74, 6) is 0.130. The van der Waals surface area contributed by atoms with Crippen molar-refractivity contribution in [3.8, 4) is 11.4 Å². The summed E-state index contributed by atoms with van der Waals surface area (Å²) in [6, 6.07) is 16.9. The molecule has 2 aromatic carbocycles. The number of rotatable bonds is 5. The second-order valence-corrected chi connectivity index (χ2v) is 8.53. The third-order valence-corrected chi connectivity index (χ3v) is 5.76. The highest BCUT2D eigenvalue weighted by atomic mass is 79.9. The number of amides is 1. The van der Waals surface area contributed by atoms with Crippen molar-refractivity contribution >= 4 is 33.3 Å². The number of alkyl halides is 3. The fourth-order valence-corrected chi connectivity index (χ4v) is 3.79. The van der Waals surface area contributed by atoms with E-state index >= 15 is 0 Å². The average Bonchev–Trinajstić information content (AvgIpc) is 2.81. The smallest absolute Gasteiger partial charge is 0.354 e. The van der Waals surface area contributed by atoms with Gasteiger partial charge in [0.1, 0.15) is 5.82 Å². The lowest BCUT2D eigenvalue weighted by molar-refractivity contribution is -0.141. The number of benzene rings is 2. The predicted octanol–water partition coefficient (Wildman–Crippen LogP) is 4.69. The van der Waals surface area contributed by atoms with Crippen molar-refractivity contribution in [3.05, 3.63) is 70.8 Å². The zero-order valence-corrected chi connectivity index (χ0v) is 19.1. The largest absolute Gasteiger partial charge is 0.433 e. The van der Waals surface area contributed by atoms with Crippen LogP contribution in [0.2, 0.25) is 0 Å². The molecule has 1 fully saturated rings. The van der Waals surface area contributed by atoms with E-state index in [4.69, 9.17) is 0 Å². The maximum absolute atomic E-state index is 13.5. The van der Waals surface area contributed by atoms with Crippen LogP contribution < -0.4 is 10.2 Å². The number of piperazine rings is 1. The molecular weight excluding hydrogens is 499 g/mol. The Kier molecular flexibility index (Phi) is 6.94. The zero-order valence-electron chi connectivity index (χ0n) is 17.5. The molecule has 4 rings (SSSR count). The molecular formula is C23H21BrF3N5O. The molecule has 3 aromatic rings. The molecule has 1 aliphatic heterocycles. The molecule has 10 heteroatoms. The van der Waals surface area contributed by atoms with Gasteiger partial charge in [0, 0.05) is 48.0 Å². The first kappa shape index (κ1) is 23.2. The van der Waals surface area contributed by atoms with Crippen LogP contribution in [0.5, 0.6) is 0 Å². The van der Waals surface area contributed by atoms with E-state index in [1.165, 1.54) is 0 Å². The number of aromatic nitrogens is 2. The van der Waals surface area contributed by atoms with Gasteiger partial charge in [0.2, 0.25) is 5.91 Å². The molecule has 0 bridgehead atoms. The van der Waals surface area contributed by atoms with E-state index in [2.05, 4.69) is 31.2 Å². The molecule has 6 nitrogen and oxygen atoms in total. The minimum atomic E-state index is -4.58. The number of hydrogen-bond donors (Lipinski definition) is 1. The number of hydrogen-bond acceptors (Lipinski definition) is 5. The summed E-state index contributed by atoms with van der Waals surface area (Å²) in [6.07, 6.45) is -4.58. The van der Waals surface area contributed by atoms with Gasteiger partial charge in [-0.25, -0.2) is 9.97 Å². The Morgan fingerprint density at radius 1 is 0.970 bits per heavy atom. The van der Waals surface area contributed by atoms with Crippen LogP contribution in [-0.4, -0.2) is 53.5 Å². The van der Waals surface area contributed by atoms with Crippen molar-refractivity contribution < 1.29 is 18.0 Å². The molecule has 33 heavy (non-hydrogen) atoms. The molecule has 1 aromatic heterocycles. The van der Waals surface area contributed by atoms with Gasteiger partial charge in [-0.15, -0.1) is 0 Å². The topological polar surface area (TPSA) is 61.4 Å². The Balaban J connectivity index is 1.42. The fourth-order valence-electron chi connectivity index (χ4n) is 3.53. The molecule has 0 atom stereocenters. The van der Waals surface area contributed by atoms with E-state index in [0.717, 1.165) is 10.5 Å². The number of nitrogens with zero attached hydrogens (tertiary/aromatic N) is 4. The van der Waals surface area contributed by atoms with E-state index < -0.39 is 11.9 Å². The highest BCUT2D eigenvalue weighted by Crippen LogP contribution is 2.32. The lowest BCUT2D eigenvalue weighted by atomic mass is 10.2. The molecule has 1 saturated heterocycles. The van der Waals surface area contributed by atoms with Gasteiger partial charge in [-0.05, 0) is 24.3 Å². The third-order valence-electron chi connectivity index (χ3n) is 5.23. The van der Waals surface area contributed by atoms with Crippen LogP contribution in [0.1, 0.15) is 5.69 Å². The average molecular weight is 520 g/mol. The molecule has 0 radical (unpaired) electrons. The molecule has 1 aliphatic rings. The molecule has 1 N–H and O–H groups in total. The normalized spacial score (nSPS) is 14.8. The van der Waals surface area contributed by atoms with E-state index in [1.54, 1.807) is 47.4 Å². The van der Waals surface area contributed by atoms with Crippen molar-refractivity contribution in [2.24, 2.45) is 0 Å². The highest BCUT2D eigenvalue weighted by molar-refractivity contribution is 9.10. The lowest BCUT2D eigenvalue weighted by Crippen LogP contribution is -2.49. The Bertz CT molecular complexity index is 1100. The second-order valence-electron chi connectivity index (χ2n) is 7.62. The quantitative estimate of drug-likeness (QED) is 0.530. The van der Waals surface area contributed by atoms with E-state index in [1.807, 2.05) is 17.0 Å². The number of halogens is 4. The van der Waals surface area contributed by atoms with Crippen LogP contribution in [0, 0.1) is 0 Å². The van der Waals surface area contributed by atoms with Gasteiger partial charge >= 0.3 is 6.18 Å². The van der Waals surface area contributed by atoms with Gasteiger partial charge in [-0.2, -0.15) is 13.2 Å². The van der Waals surface area contributed by atoms with Gasteiger partial charge in [0.15, 0.2) is 11.5 Å². The lowest BCUT2D eigenvalue weighted by Gasteiger charge is -2.35. The maximum Gasteiger partial charge on any atom is 0.433 e. The summed E-state index contributed by atoms with van der Waals surface area (Å²) >= 11 is 3.35. The molecule has 2 heterocycles. The van der Waals surface area contributed by atoms with Crippen molar-refractivity contribution in [1.29, 1.82) is 0 Å². The third kappa shape index (κ3) is 6.08. The SMILES string of the molecule is O=C(CN1CCN(c2cc(C(F)(F)F)nc(-c3ccccc3)n2)CC1)Nc1ccc(Br)cc1. The number of nitrogens with one attached hydrogen (secondary N) is 1. The van der Waals surface area contributed by atoms with Crippen LogP contribution in [-0.2, 0) is 11.0 Å². The van der Waals surface area contributed by atoms with Gasteiger partial charge in [-0.3, -0.25) is 9.69 Å². The van der Waals surface area contributed by atoms with E-state index in [-0.39, 0.29) is 24.1 Å². The minimum Gasteiger partial charge on any atom is -0.354 e. The summed E-state index contributed by atoms with van der Waals surface area (Å²) in [4.78, 5) is 24.3. The Labute approximate surface area is 197 Å². The monoisotopic (exact) mass is 519 g/mol. The van der Waals surface area contributed by atoms with Gasteiger partial charge in [-0.1, -0.05) is 46.3 Å². The van der Waals surface area contributed by atoms with E-state index in [9.17, 15) is 18.0 Å². The molecule has 0 saturated carbocycles. The highest BCUT2D eigenvalue weighted by Gasteiger charge is 2.34. The number of carbonyl (C=O) groups is 1. The summed E-state index contributed by atoms with van der Waals surface area (Å²) in [7, 11) is 0. The maximum atomic E-state index is 13.5. The van der Waals surface area contributed by atoms with Crippen molar-refractivity contribution in [2.45, 2.75) is 6.18 Å². The van der Waals surface area contributed by atoms with Crippen molar-refractivity contribution in [3.63, 3.8) is 0 Å². The molecule has 0 unspecified atom stereocenters. The summed E-state index contributed by atoms with van der Waals surface area (Å²) < 4.78 is 41.3. The first-order valence-corrected chi connectivity index (χ1v) is 11.1. The summed E-state index contributed by atoms with van der Waals surface area (Å²) in [6.45, 7) is 2.17. The number of anilines is 2. The van der Waals surface area contributed by atoms with E-state index in [0.29, 0.717) is 37.4 Å². The molecule has 172 valence electrons. The Morgan fingerprint density at radius 3 is 2.27 bits per heavy atom.